The molecule has 0 saturated heterocycles. The number of nitrogens with one attached hydrogen (secondary N) is 4. The second kappa shape index (κ2) is 13.4. The number of anilines is 2. The quantitative estimate of drug-likeness (QED) is 0.0937. The third kappa shape index (κ3) is 6.29. The van der Waals surface area contributed by atoms with Crippen molar-refractivity contribution in [2.75, 3.05) is 23.7 Å². The molecule has 0 fully saturated rings. The number of rotatable bonds is 11. The van der Waals surface area contributed by atoms with Gasteiger partial charge in [0.2, 0.25) is 11.8 Å². The Morgan fingerprint density at radius 3 is 1.07 bits per heavy atom. The Morgan fingerprint density at radius 2 is 0.783 bits per heavy atom. The van der Waals surface area contributed by atoms with Crippen LogP contribution in [-0.2, 0) is 9.59 Å². The van der Waals surface area contributed by atoms with E-state index < -0.39 is 12.1 Å². The predicted molar refractivity (Wildman–Crippen MR) is 189 cm³/mol. The SMILES string of the molecule is CC(C)C(Nc1c2ccccc2nc2ccccc12)C(=O)NCCNC(=O)C(Nc1c2ccccc2nc2ccccc12)C(C)C. The number of carbonyl (C=O) groups is 2. The molecule has 46 heavy (non-hydrogen) atoms. The van der Waals surface area contributed by atoms with Crippen molar-refractivity contribution in [1.82, 2.24) is 20.6 Å². The number of aromatic nitrogens is 2. The minimum atomic E-state index is -0.483. The maximum atomic E-state index is 13.5. The maximum absolute atomic E-state index is 13.5. The molecule has 4 N–H and O–H groups in total. The highest BCUT2D eigenvalue weighted by Gasteiger charge is 2.26. The molecule has 8 nitrogen and oxygen atoms in total. The van der Waals surface area contributed by atoms with E-state index in [1.807, 2.05) is 125 Å². The van der Waals surface area contributed by atoms with Crippen LogP contribution in [0.2, 0.25) is 0 Å². The minimum absolute atomic E-state index is 0.0137. The van der Waals surface area contributed by atoms with Crippen LogP contribution >= 0.6 is 0 Å². The van der Waals surface area contributed by atoms with E-state index in [1.165, 1.54) is 0 Å². The molecular formula is C38H40N6O2. The lowest BCUT2D eigenvalue weighted by atomic mass is 10.0. The van der Waals surface area contributed by atoms with Crippen molar-refractivity contribution >= 4 is 66.8 Å². The van der Waals surface area contributed by atoms with Crippen LogP contribution in [0.4, 0.5) is 11.4 Å². The summed E-state index contributed by atoms with van der Waals surface area (Å²) in [5, 5.41) is 17.0. The van der Waals surface area contributed by atoms with Crippen molar-refractivity contribution in [3.8, 4) is 0 Å². The van der Waals surface area contributed by atoms with E-state index in [0.717, 1.165) is 55.0 Å². The summed E-state index contributed by atoms with van der Waals surface area (Å²) in [6.07, 6.45) is 0. The normalized spacial score (nSPS) is 12.9. The summed E-state index contributed by atoms with van der Waals surface area (Å²) in [7, 11) is 0. The molecule has 234 valence electrons. The van der Waals surface area contributed by atoms with E-state index in [9.17, 15) is 9.59 Å². The Kier molecular flexibility index (Phi) is 8.97. The van der Waals surface area contributed by atoms with Crippen LogP contribution in [0, 0.1) is 11.8 Å². The van der Waals surface area contributed by atoms with Crippen LogP contribution in [0.1, 0.15) is 27.7 Å². The van der Waals surface area contributed by atoms with Gasteiger partial charge in [0.15, 0.2) is 0 Å². The summed E-state index contributed by atoms with van der Waals surface area (Å²) < 4.78 is 0. The number of para-hydroxylation sites is 4. The Hall–Kier alpha value is -5.24. The first-order valence-electron chi connectivity index (χ1n) is 15.9. The summed E-state index contributed by atoms with van der Waals surface area (Å²) >= 11 is 0. The fraction of sp³-hybridized carbons (Fsp3) is 0.263. The molecule has 0 saturated carbocycles. The summed E-state index contributed by atoms with van der Waals surface area (Å²) in [4.78, 5) is 36.6. The van der Waals surface area contributed by atoms with Gasteiger partial charge in [-0.05, 0) is 36.1 Å². The average Bonchev–Trinajstić information content (AvgIpc) is 3.06. The molecule has 2 heterocycles. The number of fused-ring (bicyclic) bond motifs is 4. The molecule has 6 rings (SSSR count). The topological polar surface area (TPSA) is 108 Å². The number of benzene rings is 4. The van der Waals surface area contributed by atoms with Crippen LogP contribution in [0.25, 0.3) is 43.6 Å². The molecule has 0 aliphatic carbocycles. The third-order valence-corrected chi connectivity index (χ3v) is 8.40. The smallest absolute Gasteiger partial charge is 0.242 e. The summed E-state index contributed by atoms with van der Waals surface area (Å²) in [6, 6.07) is 30.9. The van der Waals surface area contributed by atoms with Gasteiger partial charge in [-0.15, -0.1) is 0 Å². The number of amides is 2. The second-order valence-corrected chi connectivity index (χ2v) is 12.4. The third-order valence-electron chi connectivity index (χ3n) is 8.40. The van der Waals surface area contributed by atoms with Crippen LogP contribution in [0.5, 0.6) is 0 Å². The van der Waals surface area contributed by atoms with Crippen LogP contribution < -0.4 is 21.3 Å². The summed E-state index contributed by atoms with van der Waals surface area (Å²) in [5.41, 5.74) is 5.27. The van der Waals surface area contributed by atoms with Crippen molar-refractivity contribution < 1.29 is 9.59 Å². The number of hydrogen-bond acceptors (Lipinski definition) is 6. The van der Waals surface area contributed by atoms with Gasteiger partial charge in [0.25, 0.3) is 0 Å². The fourth-order valence-electron chi connectivity index (χ4n) is 5.96. The molecule has 4 aromatic carbocycles. The lowest BCUT2D eigenvalue weighted by molar-refractivity contribution is -0.124. The number of pyridine rings is 2. The first-order chi connectivity index (χ1) is 22.3. The van der Waals surface area contributed by atoms with Gasteiger partial charge in [-0.25, -0.2) is 9.97 Å². The molecular weight excluding hydrogens is 572 g/mol. The summed E-state index contributed by atoms with van der Waals surface area (Å²) in [5.74, 6) is -0.218. The molecule has 2 unspecified atom stereocenters. The van der Waals surface area contributed by atoms with Gasteiger partial charge in [-0.3, -0.25) is 9.59 Å². The van der Waals surface area contributed by atoms with Crippen molar-refractivity contribution in [3.63, 3.8) is 0 Å². The summed E-state index contributed by atoms with van der Waals surface area (Å²) in [6.45, 7) is 8.70. The van der Waals surface area contributed by atoms with Crippen molar-refractivity contribution in [2.24, 2.45) is 11.8 Å². The highest BCUT2D eigenvalue weighted by molar-refractivity contribution is 6.09. The molecule has 0 aliphatic heterocycles. The highest BCUT2D eigenvalue weighted by Crippen LogP contribution is 2.33. The number of carbonyl (C=O) groups excluding carboxylic acids is 2. The Balaban J connectivity index is 1.13. The van der Waals surface area contributed by atoms with E-state index in [-0.39, 0.29) is 23.7 Å². The lowest BCUT2D eigenvalue weighted by Gasteiger charge is -2.26. The predicted octanol–water partition coefficient (Wildman–Crippen LogP) is 6.90. The van der Waals surface area contributed by atoms with E-state index in [2.05, 4.69) is 21.3 Å². The van der Waals surface area contributed by atoms with Crippen molar-refractivity contribution in [2.45, 2.75) is 39.8 Å². The minimum Gasteiger partial charge on any atom is -0.372 e. The molecule has 2 aromatic heterocycles. The van der Waals surface area contributed by atoms with Crippen LogP contribution in [0.3, 0.4) is 0 Å². The Bertz CT molecular complexity index is 1780. The first-order valence-corrected chi connectivity index (χ1v) is 15.9. The standard InChI is InChI=1S/C38H40N6O2/c1-23(2)33(43-35-25-13-5-9-17-29(25)41-30-18-10-6-14-26(30)35)37(45)39-21-22-40-38(46)34(24(3)4)44-36-27-15-7-11-19-31(27)42-32-20-12-8-16-28(32)36/h5-20,23-24,33-34H,21-22H2,1-4H3,(H,39,45)(H,40,46)(H,41,43)(H,42,44). The zero-order chi connectivity index (χ0) is 32.2. The maximum Gasteiger partial charge on any atom is 0.242 e. The largest absolute Gasteiger partial charge is 0.372 e. The Morgan fingerprint density at radius 1 is 0.500 bits per heavy atom. The fourth-order valence-corrected chi connectivity index (χ4v) is 5.96. The van der Waals surface area contributed by atoms with E-state index in [1.54, 1.807) is 0 Å². The Labute approximate surface area is 269 Å². The molecule has 2 amide bonds. The monoisotopic (exact) mass is 612 g/mol. The van der Waals surface area contributed by atoms with Gasteiger partial charge < -0.3 is 21.3 Å². The zero-order valence-electron chi connectivity index (χ0n) is 26.7. The van der Waals surface area contributed by atoms with E-state index >= 15 is 0 Å². The van der Waals surface area contributed by atoms with Gasteiger partial charge in [0.05, 0.1) is 33.4 Å². The van der Waals surface area contributed by atoms with Gasteiger partial charge >= 0.3 is 0 Å². The molecule has 0 bridgehead atoms. The molecule has 0 radical (unpaired) electrons. The molecule has 8 heteroatoms. The van der Waals surface area contributed by atoms with Crippen LogP contribution in [0.15, 0.2) is 97.1 Å². The molecule has 0 spiro atoms. The van der Waals surface area contributed by atoms with Crippen LogP contribution in [-0.4, -0.2) is 47.0 Å². The average molecular weight is 613 g/mol. The van der Waals surface area contributed by atoms with Crippen molar-refractivity contribution in [3.05, 3.63) is 97.1 Å². The highest BCUT2D eigenvalue weighted by atomic mass is 16.2. The van der Waals surface area contributed by atoms with Gasteiger partial charge in [0, 0.05) is 34.6 Å². The second-order valence-electron chi connectivity index (χ2n) is 12.4. The van der Waals surface area contributed by atoms with E-state index in [4.69, 9.17) is 9.97 Å². The van der Waals surface area contributed by atoms with Crippen molar-refractivity contribution in [1.29, 1.82) is 0 Å². The van der Waals surface area contributed by atoms with E-state index in [0.29, 0.717) is 13.1 Å². The first kappa shape index (κ1) is 30.8. The molecule has 0 aliphatic rings. The molecule has 2 atom stereocenters. The number of nitrogens with zero attached hydrogens (tertiary/aromatic N) is 2. The molecule has 6 aromatic rings. The van der Waals surface area contributed by atoms with Gasteiger partial charge in [-0.2, -0.15) is 0 Å². The van der Waals surface area contributed by atoms with Gasteiger partial charge in [-0.1, -0.05) is 100 Å². The zero-order valence-corrected chi connectivity index (χ0v) is 26.7. The lowest BCUT2D eigenvalue weighted by Crippen LogP contribution is -2.48. The number of hydrogen-bond donors (Lipinski definition) is 4. The van der Waals surface area contributed by atoms with Gasteiger partial charge in [0.1, 0.15) is 12.1 Å².